The molecule has 21 heavy (non-hydrogen) atoms. The Balaban J connectivity index is 2.24. The minimum atomic E-state index is -0.125. The van der Waals surface area contributed by atoms with Gasteiger partial charge in [-0.2, -0.15) is 0 Å². The number of thioether (sulfide) groups is 1. The van der Waals surface area contributed by atoms with Crippen LogP contribution >= 0.6 is 11.8 Å². The number of rotatable bonds is 1. The molecule has 1 saturated carbocycles. The average Bonchev–Trinajstić information content (AvgIpc) is 2.87. The molecular formula is C17H25NO2S. The second-order valence-electron chi connectivity index (χ2n) is 7.65. The fraction of sp³-hybridized carbons (Fsp3) is 0.765. The van der Waals surface area contributed by atoms with Crippen molar-refractivity contribution in [3.05, 3.63) is 11.1 Å². The zero-order chi connectivity index (χ0) is 16.0. The fourth-order valence-corrected chi connectivity index (χ4v) is 7.09. The van der Waals surface area contributed by atoms with Gasteiger partial charge >= 0.3 is 0 Å². The predicted octanol–water partition coefficient (Wildman–Crippen LogP) is 4.23. The molecule has 0 radical (unpaired) electrons. The van der Waals surface area contributed by atoms with Gasteiger partial charge in [0.1, 0.15) is 0 Å². The number of amides is 2. The van der Waals surface area contributed by atoms with Crippen molar-refractivity contribution in [2.24, 2.45) is 16.2 Å². The molecule has 0 aromatic heterocycles. The Morgan fingerprint density at radius 1 is 1.14 bits per heavy atom. The summed E-state index contributed by atoms with van der Waals surface area (Å²) in [6, 6.07) is 0.00569. The summed E-state index contributed by atoms with van der Waals surface area (Å²) < 4.78 is 0. The standard InChI is InChI=1S/C17H25NO2S/c1-8-11(19)18-12-13(21-14(18)20)17(7)10(3)9(2)16(12,6)15(17,4)5/h12-13H,8H2,1-7H3/t12-,13+,16-,17+/m0/s1. The quantitative estimate of drug-likeness (QED) is 0.680. The summed E-state index contributed by atoms with van der Waals surface area (Å²) in [7, 11) is 0. The van der Waals surface area contributed by atoms with Gasteiger partial charge in [0.25, 0.3) is 5.24 Å². The summed E-state index contributed by atoms with van der Waals surface area (Å²) in [5.41, 5.74) is 2.69. The molecule has 0 unspecified atom stereocenters. The number of carbonyl (C=O) groups is 2. The van der Waals surface area contributed by atoms with Crippen molar-refractivity contribution in [3.63, 3.8) is 0 Å². The highest BCUT2D eigenvalue weighted by molar-refractivity contribution is 8.14. The monoisotopic (exact) mass is 307 g/mol. The zero-order valence-electron chi connectivity index (χ0n) is 14.0. The molecule has 0 spiro atoms. The van der Waals surface area contributed by atoms with E-state index in [0.717, 1.165) is 0 Å². The maximum atomic E-state index is 12.5. The van der Waals surface area contributed by atoms with E-state index in [1.165, 1.54) is 22.9 Å². The van der Waals surface area contributed by atoms with Crippen LogP contribution in [0.4, 0.5) is 4.79 Å². The van der Waals surface area contributed by atoms with Gasteiger partial charge in [0, 0.05) is 22.5 Å². The van der Waals surface area contributed by atoms with E-state index in [-0.39, 0.29) is 38.7 Å². The SMILES string of the molecule is CCC(=O)N1C(=O)S[C@@H]2[C@H]1[C@]1(C)C(C)=C(C)[C@@]2(C)C1(C)C. The lowest BCUT2D eigenvalue weighted by Crippen LogP contribution is -2.51. The number of hydrogen-bond donors (Lipinski definition) is 0. The van der Waals surface area contributed by atoms with Crippen LogP contribution in [0.3, 0.4) is 0 Å². The molecule has 0 aromatic carbocycles. The van der Waals surface area contributed by atoms with Crippen LogP contribution in [0.1, 0.15) is 54.9 Å². The summed E-state index contributed by atoms with van der Waals surface area (Å²) in [6.45, 7) is 15.4. The van der Waals surface area contributed by atoms with Crippen LogP contribution < -0.4 is 0 Å². The third-order valence-corrected chi connectivity index (χ3v) is 8.82. The molecule has 1 heterocycles. The van der Waals surface area contributed by atoms with Crippen LogP contribution in [0.15, 0.2) is 11.1 Å². The first-order valence-electron chi connectivity index (χ1n) is 7.77. The highest BCUT2D eigenvalue weighted by atomic mass is 32.2. The molecule has 4 atom stereocenters. The third kappa shape index (κ3) is 1.26. The molecule has 3 rings (SSSR count). The van der Waals surface area contributed by atoms with E-state index in [1.807, 2.05) is 6.92 Å². The van der Waals surface area contributed by atoms with Gasteiger partial charge in [-0.15, -0.1) is 0 Å². The van der Waals surface area contributed by atoms with Gasteiger partial charge in [-0.05, 0) is 19.3 Å². The number of nitrogens with zero attached hydrogens (tertiary/aromatic N) is 1. The van der Waals surface area contributed by atoms with Crippen molar-refractivity contribution in [2.75, 3.05) is 0 Å². The van der Waals surface area contributed by atoms with Crippen molar-refractivity contribution in [1.82, 2.24) is 4.90 Å². The summed E-state index contributed by atoms with van der Waals surface area (Å²) in [4.78, 5) is 26.4. The Morgan fingerprint density at radius 3 is 2.19 bits per heavy atom. The Morgan fingerprint density at radius 2 is 1.67 bits per heavy atom. The minimum absolute atomic E-state index is 0.00569. The highest BCUT2D eigenvalue weighted by Crippen LogP contribution is 2.78. The van der Waals surface area contributed by atoms with Gasteiger partial charge in [0.15, 0.2) is 0 Å². The van der Waals surface area contributed by atoms with Crippen molar-refractivity contribution in [3.8, 4) is 0 Å². The first-order valence-corrected chi connectivity index (χ1v) is 8.65. The fourth-order valence-electron chi connectivity index (χ4n) is 5.32. The van der Waals surface area contributed by atoms with E-state index in [4.69, 9.17) is 0 Å². The smallest absolute Gasteiger partial charge is 0.274 e. The van der Waals surface area contributed by atoms with Gasteiger partial charge in [0.2, 0.25) is 5.91 Å². The van der Waals surface area contributed by atoms with Crippen LogP contribution in [0.5, 0.6) is 0 Å². The average molecular weight is 307 g/mol. The molecule has 2 amide bonds. The molecular weight excluding hydrogens is 282 g/mol. The number of carbonyl (C=O) groups excluding carboxylic acids is 2. The molecule has 1 aliphatic heterocycles. The van der Waals surface area contributed by atoms with Gasteiger partial charge < -0.3 is 0 Å². The lowest BCUT2D eigenvalue weighted by molar-refractivity contribution is -0.130. The molecule has 4 heteroatoms. The molecule has 2 aliphatic carbocycles. The van der Waals surface area contributed by atoms with Crippen molar-refractivity contribution < 1.29 is 9.59 Å². The van der Waals surface area contributed by atoms with Crippen LogP contribution in [-0.4, -0.2) is 27.3 Å². The Labute approximate surface area is 131 Å². The summed E-state index contributed by atoms with van der Waals surface area (Å²) in [5.74, 6) is -0.0290. The first kappa shape index (κ1) is 15.1. The Hall–Kier alpha value is -0.770. The topological polar surface area (TPSA) is 37.4 Å². The second-order valence-corrected chi connectivity index (χ2v) is 8.74. The van der Waals surface area contributed by atoms with E-state index in [0.29, 0.717) is 6.42 Å². The maximum absolute atomic E-state index is 12.5. The second kappa shape index (κ2) is 3.95. The molecule has 3 aliphatic rings. The minimum Gasteiger partial charge on any atom is -0.274 e. The Bertz CT molecular complexity index is 594. The van der Waals surface area contributed by atoms with Crippen molar-refractivity contribution in [1.29, 1.82) is 0 Å². The van der Waals surface area contributed by atoms with E-state index in [9.17, 15) is 9.59 Å². The van der Waals surface area contributed by atoms with E-state index < -0.39 is 0 Å². The maximum Gasteiger partial charge on any atom is 0.288 e. The lowest BCUT2D eigenvalue weighted by Gasteiger charge is -2.44. The lowest BCUT2D eigenvalue weighted by atomic mass is 9.62. The van der Waals surface area contributed by atoms with E-state index >= 15 is 0 Å². The van der Waals surface area contributed by atoms with Crippen LogP contribution in [0.25, 0.3) is 0 Å². The molecule has 2 bridgehead atoms. The highest BCUT2D eigenvalue weighted by Gasteiger charge is 2.78. The van der Waals surface area contributed by atoms with Crippen molar-refractivity contribution in [2.45, 2.75) is 66.2 Å². The molecule has 0 aromatic rings. The van der Waals surface area contributed by atoms with Crippen LogP contribution in [0.2, 0.25) is 0 Å². The number of hydrogen-bond acceptors (Lipinski definition) is 3. The summed E-state index contributed by atoms with van der Waals surface area (Å²) in [5, 5.41) is 0.136. The summed E-state index contributed by atoms with van der Waals surface area (Å²) in [6.07, 6.45) is 0.393. The van der Waals surface area contributed by atoms with Gasteiger partial charge in [-0.1, -0.05) is 57.5 Å². The van der Waals surface area contributed by atoms with Crippen LogP contribution in [0, 0.1) is 16.2 Å². The van der Waals surface area contributed by atoms with E-state index in [2.05, 4.69) is 41.5 Å². The molecule has 0 N–H and O–H groups in total. The van der Waals surface area contributed by atoms with Crippen molar-refractivity contribution >= 4 is 22.9 Å². The third-order valence-electron chi connectivity index (χ3n) is 7.44. The molecule has 116 valence electrons. The zero-order valence-corrected chi connectivity index (χ0v) is 14.9. The number of allylic oxidation sites excluding steroid dienone is 1. The predicted molar refractivity (Wildman–Crippen MR) is 86.1 cm³/mol. The molecule has 2 fully saturated rings. The summed E-state index contributed by atoms with van der Waals surface area (Å²) >= 11 is 1.39. The van der Waals surface area contributed by atoms with Gasteiger partial charge in [-0.25, -0.2) is 0 Å². The normalized spacial score (nSPS) is 43.8. The van der Waals surface area contributed by atoms with E-state index in [1.54, 1.807) is 4.90 Å². The number of imide groups is 1. The first-order chi connectivity index (χ1) is 9.56. The molecule has 1 saturated heterocycles. The molecule has 3 nitrogen and oxygen atoms in total. The Kier molecular flexibility index (Phi) is 2.85. The largest absolute Gasteiger partial charge is 0.288 e. The van der Waals surface area contributed by atoms with Gasteiger partial charge in [0.05, 0.1) is 6.04 Å². The number of fused-ring (bicyclic) bond motifs is 5. The van der Waals surface area contributed by atoms with Gasteiger partial charge in [-0.3, -0.25) is 14.5 Å². The van der Waals surface area contributed by atoms with Crippen LogP contribution in [-0.2, 0) is 4.79 Å².